The van der Waals surface area contributed by atoms with Crippen molar-refractivity contribution in [2.75, 3.05) is 19.6 Å². The predicted octanol–water partition coefficient (Wildman–Crippen LogP) is 2.83. The summed E-state index contributed by atoms with van der Waals surface area (Å²) in [6, 6.07) is 9.51. The molecule has 0 aliphatic heterocycles. The Balaban J connectivity index is 2.86. The Morgan fingerprint density at radius 2 is 1.71 bits per heavy atom. The van der Waals surface area contributed by atoms with Crippen LogP contribution < -0.4 is 16.0 Å². The number of carbonyl (C=O) groups is 1. The number of amides is 1. The van der Waals surface area contributed by atoms with Crippen LogP contribution in [0.2, 0.25) is 0 Å². The first-order valence-corrected chi connectivity index (χ1v) is 8.42. The number of rotatable bonds is 6. The van der Waals surface area contributed by atoms with Crippen LogP contribution in [0, 0.1) is 0 Å². The molecule has 6 nitrogen and oxygen atoms in total. The highest BCUT2D eigenvalue weighted by atomic mass is 16.6. The molecule has 0 spiro atoms. The van der Waals surface area contributed by atoms with Crippen molar-refractivity contribution in [1.82, 2.24) is 16.0 Å². The fourth-order valence-electron chi connectivity index (χ4n) is 2.06. The van der Waals surface area contributed by atoms with Crippen LogP contribution in [-0.4, -0.2) is 37.3 Å². The molecule has 0 fully saturated rings. The Hall–Kier alpha value is -2.24. The SMILES string of the molecule is CCNC(=NCC(NC(=O)OC(C)(C)C)c1ccccc1)NCC. The number of alkyl carbamates (subject to hydrolysis) is 1. The lowest BCUT2D eigenvalue weighted by atomic mass is 10.1. The van der Waals surface area contributed by atoms with Gasteiger partial charge in [-0.3, -0.25) is 4.99 Å². The average Bonchev–Trinajstić information content (AvgIpc) is 2.50. The number of nitrogens with one attached hydrogen (secondary N) is 3. The second-order valence-corrected chi connectivity index (χ2v) is 6.36. The van der Waals surface area contributed by atoms with E-state index in [2.05, 4.69) is 20.9 Å². The van der Waals surface area contributed by atoms with Gasteiger partial charge in [0.15, 0.2) is 5.96 Å². The van der Waals surface area contributed by atoms with Crippen molar-refractivity contribution in [3.63, 3.8) is 0 Å². The van der Waals surface area contributed by atoms with Crippen molar-refractivity contribution in [3.8, 4) is 0 Å². The molecule has 0 bridgehead atoms. The van der Waals surface area contributed by atoms with E-state index in [1.165, 1.54) is 0 Å². The zero-order chi connectivity index (χ0) is 18.0. The molecule has 1 amide bonds. The summed E-state index contributed by atoms with van der Waals surface area (Å²) in [6.07, 6.45) is -0.444. The average molecular weight is 334 g/mol. The van der Waals surface area contributed by atoms with Crippen LogP contribution in [0.25, 0.3) is 0 Å². The quantitative estimate of drug-likeness (QED) is 0.552. The number of benzene rings is 1. The number of nitrogens with zero attached hydrogens (tertiary/aromatic N) is 1. The second-order valence-electron chi connectivity index (χ2n) is 6.36. The number of ether oxygens (including phenoxy) is 1. The topological polar surface area (TPSA) is 74.8 Å². The molecule has 0 heterocycles. The molecule has 134 valence electrons. The predicted molar refractivity (Wildman–Crippen MR) is 98.2 cm³/mol. The number of hydrogen-bond acceptors (Lipinski definition) is 3. The van der Waals surface area contributed by atoms with E-state index in [0.717, 1.165) is 24.6 Å². The molecular formula is C18H30N4O2. The van der Waals surface area contributed by atoms with Crippen LogP contribution in [0.3, 0.4) is 0 Å². The zero-order valence-corrected chi connectivity index (χ0v) is 15.3. The third-order valence-electron chi connectivity index (χ3n) is 3.01. The molecule has 1 rings (SSSR count). The summed E-state index contributed by atoms with van der Waals surface area (Å²) in [5.74, 6) is 0.729. The summed E-state index contributed by atoms with van der Waals surface area (Å²) >= 11 is 0. The maximum Gasteiger partial charge on any atom is 0.408 e. The minimum absolute atomic E-state index is 0.256. The van der Waals surface area contributed by atoms with E-state index in [4.69, 9.17) is 4.74 Å². The van der Waals surface area contributed by atoms with Crippen molar-refractivity contribution in [2.24, 2.45) is 4.99 Å². The molecule has 1 atom stereocenters. The fraction of sp³-hybridized carbons (Fsp3) is 0.556. The monoisotopic (exact) mass is 334 g/mol. The summed E-state index contributed by atoms with van der Waals surface area (Å²) in [4.78, 5) is 16.7. The molecule has 0 saturated heterocycles. The molecule has 3 N–H and O–H groups in total. The van der Waals surface area contributed by atoms with Crippen LogP contribution in [0.5, 0.6) is 0 Å². The van der Waals surface area contributed by atoms with Gasteiger partial charge in [-0.1, -0.05) is 30.3 Å². The fourth-order valence-corrected chi connectivity index (χ4v) is 2.06. The summed E-state index contributed by atoms with van der Waals surface area (Å²) < 4.78 is 5.36. The molecule has 1 unspecified atom stereocenters. The minimum Gasteiger partial charge on any atom is -0.444 e. The first kappa shape index (κ1) is 19.8. The van der Waals surface area contributed by atoms with Crippen LogP contribution in [0.15, 0.2) is 35.3 Å². The molecule has 0 radical (unpaired) electrons. The van der Waals surface area contributed by atoms with Gasteiger partial charge in [0.25, 0.3) is 0 Å². The Labute approximate surface area is 145 Å². The van der Waals surface area contributed by atoms with Crippen molar-refractivity contribution < 1.29 is 9.53 Å². The summed E-state index contributed by atoms with van der Waals surface area (Å²) in [5.41, 5.74) is 0.451. The van der Waals surface area contributed by atoms with E-state index in [-0.39, 0.29) is 6.04 Å². The number of aliphatic imine (C=N–C) groups is 1. The zero-order valence-electron chi connectivity index (χ0n) is 15.3. The van der Waals surface area contributed by atoms with Crippen molar-refractivity contribution in [3.05, 3.63) is 35.9 Å². The van der Waals surface area contributed by atoms with E-state index in [1.807, 2.05) is 65.0 Å². The summed E-state index contributed by atoms with van der Waals surface area (Å²) in [7, 11) is 0. The van der Waals surface area contributed by atoms with Crippen molar-refractivity contribution in [1.29, 1.82) is 0 Å². The maximum absolute atomic E-state index is 12.1. The number of carbonyl (C=O) groups excluding carboxylic acids is 1. The van der Waals surface area contributed by atoms with Crippen molar-refractivity contribution in [2.45, 2.75) is 46.3 Å². The highest BCUT2D eigenvalue weighted by Crippen LogP contribution is 2.15. The smallest absolute Gasteiger partial charge is 0.408 e. The van der Waals surface area contributed by atoms with Gasteiger partial charge in [-0.2, -0.15) is 0 Å². The van der Waals surface area contributed by atoms with Gasteiger partial charge in [-0.05, 0) is 40.2 Å². The first-order valence-electron chi connectivity index (χ1n) is 8.42. The molecule has 0 aliphatic rings. The lowest BCUT2D eigenvalue weighted by Crippen LogP contribution is -2.39. The highest BCUT2D eigenvalue weighted by molar-refractivity contribution is 5.79. The van der Waals surface area contributed by atoms with Gasteiger partial charge in [0.05, 0.1) is 12.6 Å². The lowest BCUT2D eigenvalue weighted by Gasteiger charge is -2.23. The van der Waals surface area contributed by atoms with Crippen LogP contribution in [-0.2, 0) is 4.74 Å². The van der Waals surface area contributed by atoms with Gasteiger partial charge < -0.3 is 20.7 Å². The molecule has 0 saturated carbocycles. The van der Waals surface area contributed by atoms with Gasteiger partial charge in [0, 0.05) is 13.1 Å². The molecular weight excluding hydrogens is 304 g/mol. The summed E-state index contributed by atoms with van der Waals surface area (Å²) in [5, 5.41) is 9.26. The van der Waals surface area contributed by atoms with E-state index < -0.39 is 11.7 Å². The van der Waals surface area contributed by atoms with Gasteiger partial charge >= 0.3 is 6.09 Å². The number of hydrogen-bond donors (Lipinski definition) is 3. The first-order chi connectivity index (χ1) is 11.4. The second kappa shape index (κ2) is 9.80. The van der Waals surface area contributed by atoms with Crippen LogP contribution >= 0.6 is 0 Å². The molecule has 0 aromatic heterocycles. The lowest BCUT2D eigenvalue weighted by molar-refractivity contribution is 0.0505. The number of guanidine groups is 1. The Bertz CT molecular complexity index is 516. The van der Waals surface area contributed by atoms with E-state index in [1.54, 1.807) is 0 Å². The van der Waals surface area contributed by atoms with Crippen LogP contribution in [0.1, 0.15) is 46.2 Å². The standard InChI is InChI=1S/C18H30N4O2/c1-6-19-16(20-7-2)21-13-15(14-11-9-8-10-12-14)22-17(23)24-18(3,4)5/h8-12,15H,6-7,13H2,1-5H3,(H,22,23)(H2,19,20,21). The van der Waals surface area contributed by atoms with E-state index in [0.29, 0.717) is 6.54 Å². The van der Waals surface area contributed by atoms with Gasteiger partial charge in [0.1, 0.15) is 5.60 Å². The summed E-state index contributed by atoms with van der Waals surface area (Å²) in [6.45, 7) is 11.5. The molecule has 0 aliphatic carbocycles. The molecule has 24 heavy (non-hydrogen) atoms. The normalized spacial score (nSPS) is 12.0. The highest BCUT2D eigenvalue weighted by Gasteiger charge is 2.20. The Morgan fingerprint density at radius 1 is 1.12 bits per heavy atom. The van der Waals surface area contributed by atoms with Gasteiger partial charge in [-0.15, -0.1) is 0 Å². The van der Waals surface area contributed by atoms with Gasteiger partial charge in [0.2, 0.25) is 0 Å². The van der Waals surface area contributed by atoms with E-state index in [9.17, 15) is 4.79 Å². The molecule has 1 aromatic carbocycles. The Kier molecular flexibility index (Phi) is 8.09. The molecule has 1 aromatic rings. The third-order valence-corrected chi connectivity index (χ3v) is 3.01. The van der Waals surface area contributed by atoms with Crippen LogP contribution in [0.4, 0.5) is 4.79 Å². The minimum atomic E-state index is -0.534. The van der Waals surface area contributed by atoms with E-state index >= 15 is 0 Å². The Morgan fingerprint density at radius 3 is 2.21 bits per heavy atom. The molecule has 6 heteroatoms. The van der Waals surface area contributed by atoms with Gasteiger partial charge in [-0.25, -0.2) is 4.79 Å². The third kappa shape index (κ3) is 7.85. The van der Waals surface area contributed by atoms with Crippen molar-refractivity contribution >= 4 is 12.1 Å². The largest absolute Gasteiger partial charge is 0.444 e. The maximum atomic E-state index is 12.1.